The summed E-state index contributed by atoms with van der Waals surface area (Å²) in [5.41, 5.74) is 2.73. The molecule has 0 amide bonds. The minimum Gasteiger partial charge on any atom is -0.378 e. The van der Waals surface area contributed by atoms with E-state index in [-0.39, 0.29) is 0 Å². The summed E-state index contributed by atoms with van der Waals surface area (Å²) in [6, 6.07) is 9.63. The summed E-state index contributed by atoms with van der Waals surface area (Å²) >= 11 is 0. The van der Waals surface area contributed by atoms with Gasteiger partial charge in [0.05, 0.1) is 0 Å². The molecular weight excluding hydrogens is 256 g/mol. The van der Waals surface area contributed by atoms with E-state index < -0.39 is 0 Å². The Kier molecular flexibility index (Phi) is 5.69. The topological polar surface area (TPSA) is 15.3 Å². The predicted octanol–water partition coefficient (Wildman–Crippen LogP) is 4.48. The van der Waals surface area contributed by atoms with Crippen molar-refractivity contribution in [3.63, 3.8) is 0 Å². The molecule has 1 saturated carbocycles. The van der Waals surface area contributed by atoms with E-state index in [1.807, 2.05) is 0 Å². The second-order valence-corrected chi connectivity index (χ2v) is 7.05. The summed E-state index contributed by atoms with van der Waals surface area (Å²) < 4.78 is 0. The Hall–Kier alpha value is -1.02. The highest BCUT2D eigenvalue weighted by atomic mass is 15.1. The van der Waals surface area contributed by atoms with Crippen LogP contribution in [0.2, 0.25) is 0 Å². The van der Waals surface area contributed by atoms with Gasteiger partial charge in [-0.2, -0.15) is 0 Å². The average molecular weight is 288 g/mol. The number of nitrogens with zero attached hydrogens (tertiary/aromatic N) is 1. The summed E-state index contributed by atoms with van der Waals surface area (Å²) in [5.74, 6) is 2.52. The van der Waals surface area contributed by atoms with Crippen molar-refractivity contribution in [1.29, 1.82) is 0 Å². The van der Waals surface area contributed by atoms with Gasteiger partial charge in [0.2, 0.25) is 0 Å². The molecule has 2 nitrogen and oxygen atoms in total. The van der Waals surface area contributed by atoms with Crippen LogP contribution in [0.5, 0.6) is 0 Å². The van der Waals surface area contributed by atoms with E-state index in [4.69, 9.17) is 0 Å². The number of benzene rings is 1. The first-order valence-corrected chi connectivity index (χ1v) is 8.53. The zero-order valence-corrected chi connectivity index (χ0v) is 14.4. The molecule has 0 saturated heterocycles. The first kappa shape index (κ1) is 16.4. The Morgan fingerprint density at radius 1 is 1.10 bits per heavy atom. The van der Waals surface area contributed by atoms with E-state index in [0.29, 0.717) is 6.04 Å². The van der Waals surface area contributed by atoms with E-state index >= 15 is 0 Å². The molecule has 2 heteroatoms. The number of anilines is 1. The number of hydrogen-bond donors (Lipinski definition) is 1. The molecule has 0 heterocycles. The van der Waals surface area contributed by atoms with Gasteiger partial charge in [-0.15, -0.1) is 0 Å². The third-order valence-corrected chi connectivity index (χ3v) is 5.30. The molecule has 0 aliphatic heterocycles. The third kappa shape index (κ3) is 4.00. The van der Waals surface area contributed by atoms with Crippen molar-refractivity contribution < 1.29 is 0 Å². The highest BCUT2D eigenvalue weighted by Gasteiger charge is 2.30. The number of rotatable bonds is 5. The van der Waals surface area contributed by atoms with E-state index in [1.54, 1.807) is 0 Å². The van der Waals surface area contributed by atoms with Gasteiger partial charge in [0, 0.05) is 25.8 Å². The molecule has 21 heavy (non-hydrogen) atoms. The first-order valence-electron chi connectivity index (χ1n) is 8.53. The van der Waals surface area contributed by atoms with Crippen LogP contribution in [0.3, 0.4) is 0 Å². The van der Waals surface area contributed by atoms with Gasteiger partial charge in [-0.3, -0.25) is 0 Å². The van der Waals surface area contributed by atoms with Gasteiger partial charge < -0.3 is 10.2 Å². The summed E-state index contributed by atoms with van der Waals surface area (Å²) in [6.45, 7) is 8.10. The SMILES string of the molecule is CCNC(c1ccc(N(C)C)cc1)C1CCC(C)C(C)C1. The molecule has 1 fully saturated rings. The maximum Gasteiger partial charge on any atom is 0.0361 e. The van der Waals surface area contributed by atoms with Crippen molar-refractivity contribution in [2.24, 2.45) is 17.8 Å². The Labute approximate surface area is 130 Å². The zero-order chi connectivity index (χ0) is 15.4. The molecular formula is C19H32N2. The number of nitrogens with one attached hydrogen (secondary N) is 1. The van der Waals surface area contributed by atoms with E-state index in [2.05, 4.69) is 69.3 Å². The summed E-state index contributed by atoms with van der Waals surface area (Å²) in [4.78, 5) is 2.16. The van der Waals surface area contributed by atoms with Crippen molar-refractivity contribution in [3.8, 4) is 0 Å². The van der Waals surface area contributed by atoms with Crippen LogP contribution in [-0.4, -0.2) is 20.6 Å². The van der Waals surface area contributed by atoms with Crippen LogP contribution < -0.4 is 10.2 Å². The first-order chi connectivity index (χ1) is 10.0. The third-order valence-electron chi connectivity index (χ3n) is 5.30. The fourth-order valence-corrected chi connectivity index (χ4v) is 3.65. The van der Waals surface area contributed by atoms with E-state index in [0.717, 1.165) is 24.3 Å². The van der Waals surface area contributed by atoms with Crippen molar-refractivity contribution in [2.75, 3.05) is 25.5 Å². The molecule has 1 aliphatic rings. The van der Waals surface area contributed by atoms with Crippen LogP contribution in [0.4, 0.5) is 5.69 Å². The fourth-order valence-electron chi connectivity index (χ4n) is 3.65. The van der Waals surface area contributed by atoms with Crippen LogP contribution in [0.1, 0.15) is 51.6 Å². The highest BCUT2D eigenvalue weighted by Crippen LogP contribution is 2.40. The van der Waals surface area contributed by atoms with Gasteiger partial charge in [0.25, 0.3) is 0 Å². The fraction of sp³-hybridized carbons (Fsp3) is 0.684. The molecule has 1 aliphatic carbocycles. The van der Waals surface area contributed by atoms with Gasteiger partial charge in [-0.1, -0.05) is 39.3 Å². The van der Waals surface area contributed by atoms with E-state index in [9.17, 15) is 0 Å². The normalized spacial score (nSPS) is 27.4. The number of hydrogen-bond acceptors (Lipinski definition) is 2. The second-order valence-electron chi connectivity index (χ2n) is 7.05. The zero-order valence-electron chi connectivity index (χ0n) is 14.4. The Balaban J connectivity index is 2.14. The van der Waals surface area contributed by atoms with Crippen molar-refractivity contribution in [2.45, 2.75) is 46.1 Å². The molecule has 1 N–H and O–H groups in total. The largest absolute Gasteiger partial charge is 0.378 e. The van der Waals surface area contributed by atoms with E-state index in [1.165, 1.54) is 30.5 Å². The van der Waals surface area contributed by atoms with Gasteiger partial charge in [0.1, 0.15) is 0 Å². The van der Waals surface area contributed by atoms with Gasteiger partial charge >= 0.3 is 0 Å². The molecule has 118 valence electrons. The van der Waals surface area contributed by atoms with Gasteiger partial charge in [-0.25, -0.2) is 0 Å². The standard InChI is InChI=1S/C19H32N2/c1-6-20-19(17-8-7-14(2)15(3)13-17)16-9-11-18(12-10-16)21(4)5/h9-12,14-15,17,19-20H,6-8,13H2,1-5H3. The Morgan fingerprint density at radius 2 is 1.76 bits per heavy atom. The average Bonchev–Trinajstić information content (AvgIpc) is 2.48. The maximum atomic E-state index is 3.74. The van der Waals surface area contributed by atoms with Crippen LogP contribution in [0.25, 0.3) is 0 Å². The minimum absolute atomic E-state index is 0.515. The minimum atomic E-state index is 0.515. The quantitative estimate of drug-likeness (QED) is 0.859. The van der Waals surface area contributed by atoms with Crippen LogP contribution >= 0.6 is 0 Å². The van der Waals surface area contributed by atoms with Crippen LogP contribution in [0, 0.1) is 17.8 Å². The predicted molar refractivity (Wildman–Crippen MR) is 92.9 cm³/mol. The molecule has 0 aromatic heterocycles. The monoisotopic (exact) mass is 288 g/mol. The smallest absolute Gasteiger partial charge is 0.0361 e. The molecule has 1 aromatic rings. The molecule has 4 unspecified atom stereocenters. The lowest BCUT2D eigenvalue weighted by molar-refractivity contribution is 0.172. The van der Waals surface area contributed by atoms with Crippen LogP contribution in [0.15, 0.2) is 24.3 Å². The van der Waals surface area contributed by atoms with Gasteiger partial charge in [0.15, 0.2) is 0 Å². The molecule has 1 aromatic carbocycles. The lowest BCUT2D eigenvalue weighted by atomic mass is 9.72. The molecule has 0 bridgehead atoms. The van der Waals surface area contributed by atoms with Crippen molar-refractivity contribution >= 4 is 5.69 Å². The summed E-state index contributed by atoms with van der Waals surface area (Å²) in [6.07, 6.45) is 4.09. The highest BCUT2D eigenvalue weighted by molar-refractivity contribution is 5.46. The van der Waals surface area contributed by atoms with Crippen molar-refractivity contribution in [3.05, 3.63) is 29.8 Å². The summed E-state index contributed by atoms with van der Waals surface area (Å²) in [7, 11) is 4.20. The lowest BCUT2D eigenvalue weighted by Crippen LogP contribution is -2.33. The lowest BCUT2D eigenvalue weighted by Gasteiger charge is -2.37. The second kappa shape index (κ2) is 7.31. The Bertz CT molecular complexity index is 424. The van der Waals surface area contributed by atoms with Crippen LogP contribution in [-0.2, 0) is 0 Å². The maximum absolute atomic E-state index is 3.74. The Morgan fingerprint density at radius 3 is 2.29 bits per heavy atom. The molecule has 0 spiro atoms. The molecule has 0 radical (unpaired) electrons. The van der Waals surface area contributed by atoms with Gasteiger partial charge in [-0.05, 0) is 54.8 Å². The molecule has 4 atom stereocenters. The molecule has 2 rings (SSSR count). The summed E-state index contributed by atoms with van der Waals surface area (Å²) in [5, 5.41) is 3.74. The van der Waals surface area contributed by atoms with Crippen molar-refractivity contribution in [1.82, 2.24) is 5.32 Å².